The Bertz CT molecular complexity index is 190. The van der Waals surface area contributed by atoms with Crippen molar-refractivity contribution in [2.24, 2.45) is 0 Å². The third-order valence-electron chi connectivity index (χ3n) is 3.86. The first-order valence-corrected chi connectivity index (χ1v) is 6.33. The van der Waals surface area contributed by atoms with Gasteiger partial charge in [-0.05, 0) is 32.1 Å². The second-order valence-corrected chi connectivity index (χ2v) is 5.06. The second kappa shape index (κ2) is 5.28. The molecule has 1 saturated carbocycles. The van der Waals surface area contributed by atoms with Crippen molar-refractivity contribution < 1.29 is 10.2 Å². The second-order valence-electron chi connectivity index (χ2n) is 5.06. The molecule has 2 aliphatic rings. The Morgan fingerprint density at radius 2 is 1.67 bits per heavy atom. The van der Waals surface area contributed by atoms with E-state index in [0.29, 0.717) is 6.04 Å². The van der Waals surface area contributed by atoms with Crippen LogP contribution >= 0.6 is 0 Å². The molecular weight excluding hydrogens is 190 g/mol. The predicted molar refractivity (Wildman–Crippen MR) is 58.2 cm³/mol. The fourth-order valence-electron chi connectivity index (χ4n) is 2.88. The molecule has 1 heterocycles. The molecule has 1 saturated heterocycles. The van der Waals surface area contributed by atoms with Crippen molar-refractivity contribution in [2.75, 3.05) is 13.1 Å². The standard InChI is InChI=1S/C12H22NO2/c14-11-5-7-13(8-6-11)10-3-1-2-4-12(15)9-10/h10-12,15H,1-9H2. The van der Waals surface area contributed by atoms with Crippen molar-refractivity contribution in [3.8, 4) is 0 Å². The Kier molecular flexibility index (Phi) is 4.00. The number of nitrogens with zero attached hydrogens (tertiary/aromatic N) is 1. The number of aliphatic hydroxyl groups is 1. The fraction of sp³-hybridized carbons (Fsp3) is 1.00. The lowest BCUT2D eigenvalue weighted by atomic mass is 10.0. The molecule has 2 unspecified atom stereocenters. The van der Waals surface area contributed by atoms with Gasteiger partial charge in [-0.15, -0.1) is 0 Å². The zero-order chi connectivity index (χ0) is 10.7. The van der Waals surface area contributed by atoms with E-state index in [2.05, 4.69) is 4.90 Å². The van der Waals surface area contributed by atoms with Crippen molar-refractivity contribution in [2.45, 2.75) is 63.2 Å². The summed E-state index contributed by atoms with van der Waals surface area (Å²) < 4.78 is 0. The molecule has 15 heavy (non-hydrogen) atoms. The molecule has 87 valence electrons. The van der Waals surface area contributed by atoms with Crippen molar-refractivity contribution in [3.05, 3.63) is 0 Å². The molecule has 1 aliphatic carbocycles. The van der Waals surface area contributed by atoms with Gasteiger partial charge >= 0.3 is 0 Å². The van der Waals surface area contributed by atoms with Gasteiger partial charge in [0.1, 0.15) is 0 Å². The normalized spacial score (nSPS) is 36.4. The van der Waals surface area contributed by atoms with Crippen LogP contribution in [0.3, 0.4) is 0 Å². The average molecular weight is 212 g/mol. The van der Waals surface area contributed by atoms with Gasteiger partial charge in [0, 0.05) is 19.1 Å². The van der Waals surface area contributed by atoms with Gasteiger partial charge in [0.05, 0.1) is 12.2 Å². The molecule has 0 spiro atoms. The highest BCUT2D eigenvalue weighted by atomic mass is 16.3. The number of aliphatic hydroxyl groups excluding tert-OH is 1. The maximum absolute atomic E-state index is 11.2. The van der Waals surface area contributed by atoms with Gasteiger partial charge in [0.25, 0.3) is 0 Å². The molecule has 2 rings (SSSR count). The third-order valence-corrected chi connectivity index (χ3v) is 3.86. The summed E-state index contributed by atoms with van der Waals surface area (Å²) in [5, 5.41) is 21.0. The predicted octanol–water partition coefficient (Wildman–Crippen LogP) is 1.57. The molecule has 0 aromatic rings. The zero-order valence-electron chi connectivity index (χ0n) is 9.40. The molecule has 2 fully saturated rings. The van der Waals surface area contributed by atoms with Crippen LogP contribution in [0.2, 0.25) is 0 Å². The Balaban J connectivity index is 1.85. The highest BCUT2D eigenvalue weighted by Gasteiger charge is 2.27. The molecule has 1 aliphatic heterocycles. The summed E-state index contributed by atoms with van der Waals surface area (Å²) in [5.74, 6) is 0. The minimum atomic E-state index is -0.336. The Labute approximate surface area is 92.1 Å². The van der Waals surface area contributed by atoms with E-state index in [1.807, 2.05) is 0 Å². The highest BCUT2D eigenvalue weighted by Crippen LogP contribution is 2.25. The monoisotopic (exact) mass is 212 g/mol. The van der Waals surface area contributed by atoms with E-state index in [0.717, 1.165) is 45.2 Å². The van der Waals surface area contributed by atoms with Crippen LogP contribution in [0.4, 0.5) is 0 Å². The topological polar surface area (TPSA) is 43.4 Å². The Morgan fingerprint density at radius 1 is 1.00 bits per heavy atom. The molecule has 0 aromatic carbocycles. The zero-order valence-corrected chi connectivity index (χ0v) is 9.40. The van der Waals surface area contributed by atoms with Crippen molar-refractivity contribution in [3.63, 3.8) is 0 Å². The number of likely N-dealkylation sites (tertiary alicyclic amines) is 1. The molecule has 1 N–H and O–H groups in total. The van der Waals surface area contributed by atoms with Crippen molar-refractivity contribution in [1.29, 1.82) is 0 Å². The maximum atomic E-state index is 11.2. The minimum Gasteiger partial charge on any atom is -0.393 e. The van der Waals surface area contributed by atoms with Crippen LogP contribution in [0.5, 0.6) is 0 Å². The van der Waals surface area contributed by atoms with Crippen LogP contribution < -0.4 is 0 Å². The number of piperidine rings is 1. The molecule has 0 aromatic heterocycles. The number of hydrogen-bond acceptors (Lipinski definition) is 2. The Morgan fingerprint density at radius 3 is 2.40 bits per heavy atom. The minimum absolute atomic E-state index is 0.109. The molecule has 3 heteroatoms. The third kappa shape index (κ3) is 3.16. The SMILES string of the molecule is [O]C1CCN(C2CCCCC(O)C2)CC1. The average Bonchev–Trinajstić information content (AvgIpc) is 2.44. The van der Waals surface area contributed by atoms with Gasteiger partial charge in [-0.3, -0.25) is 0 Å². The molecule has 2 atom stereocenters. The van der Waals surface area contributed by atoms with Crippen LogP contribution in [-0.2, 0) is 5.11 Å². The summed E-state index contributed by atoms with van der Waals surface area (Å²) in [5.41, 5.74) is 0. The maximum Gasteiger partial charge on any atom is 0.0954 e. The van der Waals surface area contributed by atoms with Gasteiger partial charge in [-0.1, -0.05) is 12.8 Å². The van der Waals surface area contributed by atoms with E-state index in [9.17, 15) is 10.2 Å². The smallest absolute Gasteiger partial charge is 0.0954 e. The number of rotatable bonds is 1. The molecule has 0 amide bonds. The van der Waals surface area contributed by atoms with Gasteiger partial charge in [-0.2, -0.15) is 0 Å². The van der Waals surface area contributed by atoms with E-state index >= 15 is 0 Å². The Hall–Kier alpha value is -0.120. The molecule has 1 radical (unpaired) electrons. The first-order chi connectivity index (χ1) is 7.25. The van der Waals surface area contributed by atoms with Gasteiger partial charge in [-0.25, -0.2) is 5.11 Å². The summed E-state index contributed by atoms with van der Waals surface area (Å²) in [6.45, 7) is 1.90. The lowest BCUT2D eigenvalue weighted by Gasteiger charge is -2.35. The summed E-state index contributed by atoms with van der Waals surface area (Å²) in [7, 11) is 0. The van der Waals surface area contributed by atoms with Gasteiger partial charge in [0.2, 0.25) is 0 Å². The van der Waals surface area contributed by atoms with E-state index in [4.69, 9.17) is 0 Å². The summed E-state index contributed by atoms with van der Waals surface area (Å²) >= 11 is 0. The van der Waals surface area contributed by atoms with Gasteiger partial charge in [0.15, 0.2) is 0 Å². The molecular formula is C12H22NO2. The van der Waals surface area contributed by atoms with Crippen LogP contribution in [0.15, 0.2) is 0 Å². The van der Waals surface area contributed by atoms with Crippen LogP contribution in [0.1, 0.15) is 44.9 Å². The van der Waals surface area contributed by atoms with Crippen molar-refractivity contribution in [1.82, 2.24) is 4.90 Å². The first-order valence-electron chi connectivity index (χ1n) is 6.33. The summed E-state index contributed by atoms with van der Waals surface area (Å²) in [4.78, 5) is 2.43. The first kappa shape index (κ1) is 11.4. The van der Waals surface area contributed by atoms with E-state index < -0.39 is 0 Å². The molecule has 3 nitrogen and oxygen atoms in total. The van der Waals surface area contributed by atoms with E-state index in [1.54, 1.807) is 0 Å². The van der Waals surface area contributed by atoms with Crippen LogP contribution in [0.25, 0.3) is 0 Å². The quantitative estimate of drug-likeness (QED) is 0.671. The lowest BCUT2D eigenvalue weighted by Crippen LogP contribution is -2.43. The molecule has 0 bridgehead atoms. The van der Waals surface area contributed by atoms with E-state index in [-0.39, 0.29) is 12.2 Å². The highest BCUT2D eigenvalue weighted by molar-refractivity contribution is 4.82. The largest absolute Gasteiger partial charge is 0.393 e. The fourth-order valence-corrected chi connectivity index (χ4v) is 2.88. The summed E-state index contributed by atoms with van der Waals surface area (Å²) in [6, 6.07) is 0.537. The number of hydrogen-bond donors (Lipinski definition) is 1. The van der Waals surface area contributed by atoms with E-state index in [1.165, 1.54) is 12.8 Å². The van der Waals surface area contributed by atoms with Crippen LogP contribution in [-0.4, -0.2) is 41.3 Å². The van der Waals surface area contributed by atoms with Crippen LogP contribution in [0, 0.1) is 0 Å². The van der Waals surface area contributed by atoms with Crippen molar-refractivity contribution >= 4 is 0 Å². The van der Waals surface area contributed by atoms with Gasteiger partial charge < -0.3 is 10.0 Å². The summed E-state index contributed by atoms with van der Waals surface area (Å²) in [6.07, 6.45) is 6.64. The lowest BCUT2D eigenvalue weighted by molar-refractivity contribution is 0.00671.